The van der Waals surface area contributed by atoms with Gasteiger partial charge in [-0.15, -0.1) is 0 Å². The molecule has 1 N–H and O–H groups in total. The van der Waals surface area contributed by atoms with Crippen LogP contribution in [0, 0.1) is 0 Å². The molecule has 0 aliphatic carbocycles. The number of likely N-dealkylation sites (tertiary alicyclic amines) is 1. The molecule has 0 unspecified atom stereocenters. The molecule has 40 heavy (non-hydrogen) atoms. The number of nitrogens with zero attached hydrogens (tertiary/aromatic N) is 2. The van der Waals surface area contributed by atoms with Crippen LogP contribution in [0.4, 0.5) is 5.69 Å². The van der Waals surface area contributed by atoms with Crippen molar-refractivity contribution >= 4 is 21.6 Å². The molecular formula is C32H33N3O4S. The molecule has 1 heterocycles. The number of amides is 1. The molecule has 4 aromatic rings. The molecule has 1 fully saturated rings. The first-order valence-corrected chi connectivity index (χ1v) is 14.9. The van der Waals surface area contributed by atoms with Crippen molar-refractivity contribution in [1.82, 2.24) is 10.2 Å². The van der Waals surface area contributed by atoms with Gasteiger partial charge in [-0.05, 0) is 85.6 Å². The number of hydrogen-bond donors (Lipinski definition) is 1. The Morgan fingerprint density at radius 2 is 1.32 bits per heavy atom. The number of carbonyl (C=O) groups is 1. The molecule has 1 aliphatic rings. The van der Waals surface area contributed by atoms with Crippen LogP contribution >= 0.6 is 0 Å². The van der Waals surface area contributed by atoms with E-state index >= 15 is 0 Å². The minimum absolute atomic E-state index is 0.114. The third-order valence-corrected chi connectivity index (χ3v) is 8.70. The van der Waals surface area contributed by atoms with Gasteiger partial charge in [0.05, 0.1) is 10.6 Å². The van der Waals surface area contributed by atoms with Crippen LogP contribution in [-0.4, -0.2) is 38.9 Å². The number of ether oxygens (including phenoxy) is 1. The van der Waals surface area contributed by atoms with Gasteiger partial charge in [0, 0.05) is 13.1 Å². The van der Waals surface area contributed by atoms with Crippen LogP contribution in [0.3, 0.4) is 0 Å². The molecule has 0 spiro atoms. The van der Waals surface area contributed by atoms with Crippen molar-refractivity contribution in [2.24, 2.45) is 0 Å². The molecule has 4 aromatic carbocycles. The Bertz CT molecular complexity index is 1510. The van der Waals surface area contributed by atoms with Gasteiger partial charge in [0.25, 0.3) is 10.0 Å². The lowest BCUT2D eigenvalue weighted by Crippen LogP contribution is -2.40. The van der Waals surface area contributed by atoms with E-state index in [9.17, 15) is 13.2 Å². The van der Waals surface area contributed by atoms with Gasteiger partial charge in [-0.3, -0.25) is 14.0 Å². The SMILES string of the molecule is O=C(CN(c1ccc(Oc2ccccc2)cc1)S(=O)(=O)c1ccccc1)NCc1ccccc1CN1CCCC1. The largest absolute Gasteiger partial charge is 0.457 e. The highest BCUT2D eigenvalue weighted by molar-refractivity contribution is 7.92. The summed E-state index contributed by atoms with van der Waals surface area (Å²) in [4.78, 5) is 15.7. The topological polar surface area (TPSA) is 78.9 Å². The number of nitrogens with one attached hydrogen (secondary N) is 1. The van der Waals surface area contributed by atoms with Crippen LogP contribution in [0.15, 0.2) is 114 Å². The number of carbonyl (C=O) groups excluding carboxylic acids is 1. The van der Waals surface area contributed by atoms with Gasteiger partial charge >= 0.3 is 0 Å². The number of anilines is 1. The first-order chi connectivity index (χ1) is 19.5. The standard InChI is InChI=1S/C32H33N3O4S/c36-32(33-23-26-11-7-8-12-27(26)24-34-21-9-10-22-34)25-35(40(37,38)31-15-5-2-6-16-31)28-17-19-30(20-18-28)39-29-13-3-1-4-14-29/h1-8,11-20H,9-10,21-25H2,(H,33,36). The van der Waals surface area contributed by atoms with Gasteiger partial charge in [0.15, 0.2) is 0 Å². The Labute approximate surface area is 236 Å². The van der Waals surface area contributed by atoms with E-state index in [2.05, 4.69) is 16.3 Å². The molecule has 0 aromatic heterocycles. The van der Waals surface area contributed by atoms with Crippen molar-refractivity contribution < 1.29 is 17.9 Å². The highest BCUT2D eigenvalue weighted by Crippen LogP contribution is 2.28. The summed E-state index contributed by atoms with van der Waals surface area (Å²) in [6.45, 7) is 2.98. The molecule has 8 heteroatoms. The molecule has 1 aliphatic heterocycles. The Morgan fingerprint density at radius 3 is 2.00 bits per heavy atom. The molecule has 5 rings (SSSR count). The number of para-hydroxylation sites is 1. The average molecular weight is 556 g/mol. The predicted octanol–water partition coefficient (Wildman–Crippen LogP) is 5.59. The normalized spacial score (nSPS) is 13.6. The Kier molecular flexibility index (Phi) is 8.78. The summed E-state index contributed by atoms with van der Waals surface area (Å²) in [7, 11) is -4.00. The molecule has 1 saturated heterocycles. The first kappa shape index (κ1) is 27.4. The van der Waals surface area contributed by atoms with Gasteiger partial charge in [-0.1, -0.05) is 60.7 Å². The lowest BCUT2D eigenvalue weighted by molar-refractivity contribution is -0.119. The van der Waals surface area contributed by atoms with Crippen molar-refractivity contribution in [3.8, 4) is 11.5 Å². The fourth-order valence-electron chi connectivity index (χ4n) is 4.79. The van der Waals surface area contributed by atoms with Gasteiger partial charge in [-0.25, -0.2) is 8.42 Å². The van der Waals surface area contributed by atoms with E-state index in [1.54, 1.807) is 42.5 Å². The molecule has 0 radical (unpaired) electrons. The molecule has 0 bridgehead atoms. The second-order valence-electron chi connectivity index (χ2n) is 9.76. The number of rotatable bonds is 11. The number of benzene rings is 4. The van der Waals surface area contributed by atoms with Gasteiger partial charge < -0.3 is 10.1 Å². The van der Waals surface area contributed by atoms with Crippen LogP contribution in [-0.2, 0) is 27.9 Å². The van der Waals surface area contributed by atoms with Crippen molar-refractivity contribution in [1.29, 1.82) is 0 Å². The number of sulfonamides is 1. The van der Waals surface area contributed by atoms with Gasteiger partial charge in [-0.2, -0.15) is 0 Å². The maximum atomic E-state index is 13.7. The highest BCUT2D eigenvalue weighted by atomic mass is 32.2. The van der Waals surface area contributed by atoms with Crippen LogP contribution in [0.25, 0.3) is 0 Å². The predicted molar refractivity (Wildman–Crippen MR) is 157 cm³/mol. The van der Waals surface area contributed by atoms with E-state index in [0.29, 0.717) is 23.7 Å². The summed E-state index contributed by atoms with van der Waals surface area (Å²) in [6, 6.07) is 32.2. The summed E-state index contributed by atoms with van der Waals surface area (Å²) in [5, 5.41) is 2.94. The zero-order chi connectivity index (χ0) is 27.8. The van der Waals surface area contributed by atoms with E-state index in [4.69, 9.17) is 4.74 Å². The maximum absolute atomic E-state index is 13.7. The minimum atomic E-state index is -4.00. The lowest BCUT2D eigenvalue weighted by atomic mass is 10.1. The fraction of sp³-hybridized carbons (Fsp3) is 0.219. The second-order valence-corrected chi connectivity index (χ2v) is 11.6. The van der Waals surface area contributed by atoms with Crippen LogP contribution in [0.1, 0.15) is 24.0 Å². The molecule has 0 atom stereocenters. The fourth-order valence-corrected chi connectivity index (χ4v) is 6.23. The second kappa shape index (κ2) is 12.8. The van der Waals surface area contributed by atoms with Crippen molar-refractivity contribution in [3.63, 3.8) is 0 Å². The third-order valence-electron chi connectivity index (χ3n) is 6.91. The summed E-state index contributed by atoms with van der Waals surface area (Å²) in [5.74, 6) is 0.847. The van der Waals surface area contributed by atoms with Crippen molar-refractivity contribution in [3.05, 3.63) is 120 Å². The number of hydrogen-bond acceptors (Lipinski definition) is 5. The summed E-state index contributed by atoms with van der Waals surface area (Å²) in [5.41, 5.74) is 2.57. The lowest BCUT2D eigenvalue weighted by Gasteiger charge is -2.24. The monoisotopic (exact) mass is 555 g/mol. The van der Waals surface area contributed by atoms with Crippen LogP contribution in [0.5, 0.6) is 11.5 Å². The van der Waals surface area contributed by atoms with Gasteiger partial charge in [0.2, 0.25) is 5.91 Å². The summed E-state index contributed by atoms with van der Waals surface area (Å²) in [6.07, 6.45) is 2.42. The maximum Gasteiger partial charge on any atom is 0.264 e. The van der Waals surface area contributed by atoms with E-state index in [1.807, 2.05) is 48.5 Å². The Hall–Kier alpha value is -4.14. The van der Waals surface area contributed by atoms with E-state index in [1.165, 1.54) is 30.5 Å². The third kappa shape index (κ3) is 6.89. The van der Waals surface area contributed by atoms with Crippen molar-refractivity contribution in [2.75, 3.05) is 23.9 Å². The molecule has 7 nitrogen and oxygen atoms in total. The molecule has 206 valence electrons. The van der Waals surface area contributed by atoms with Crippen LogP contribution in [0.2, 0.25) is 0 Å². The Morgan fingerprint density at radius 1 is 0.750 bits per heavy atom. The summed E-state index contributed by atoms with van der Waals surface area (Å²) < 4.78 is 34.3. The average Bonchev–Trinajstić information content (AvgIpc) is 3.50. The Balaban J connectivity index is 1.33. The highest BCUT2D eigenvalue weighted by Gasteiger charge is 2.27. The van der Waals surface area contributed by atoms with Crippen LogP contribution < -0.4 is 14.4 Å². The molecule has 1 amide bonds. The minimum Gasteiger partial charge on any atom is -0.457 e. The van der Waals surface area contributed by atoms with E-state index < -0.39 is 10.0 Å². The van der Waals surface area contributed by atoms with Gasteiger partial charge in [0.1, 0.15) is 18.0 Å². The van der Waals surface area contributed by atoms with E-state index in [0.717, 1.165) is 29.5 Å². The van der Waals surface area contributed by atoms with E-state index in [-0.39, 0.29) is 17.3 Å². The molecular weight excluding hydrogens is 522 g/mol. The van der Waals surface area contributed by atoms with Crippen molar-refractivity contribution in [2.45, 2.75) is 30.8 Å². The zero-order valence-corrected chi connectivity index (χ0v) is 23.1. The quantitative estimate of drug-likeness (QED) is 0.261. The summed E-state index contributed by atoms with van der Waals surface area (Å²) >= 11 is 0. The smallest absolute Gasteiger partial charge is 0.264 e. The molecule has 0 saturated carbocycles. The zero-order valence-electron chi connectivity index (χ0n) is 22.3. The first-order valence-electron chi connectivity index (χ1n) is 13.5.